The van der Waals surface area contributed by atoms with E-state index in [1.54, 1.807) is 6.20 Å². The number of nitrogens with one attached hydrogen (secondary N) is 2. The molecule has 1 atom stereocenters. The minimum absolute atomic E-state index is 0.143. The third-order valence-corrected chi connectivity index (χ3v) is 4.09. The molecule has 0 fully saturated rings. The molecule has 0 spiro atoms. The lowest BCUT2D eigenvalue weighted by atomic mass is 10.1. The van der Waals surface area contributed by atoms with Crippen molar-refractivity contribution in [3.05, 3.63) is 54.1 Å². The van der Waals surface area contributed by atoms with Crippen molar-refractivity contribution in [2.45, 2.75) is 18.9 Å². The van der Waals surface area contributed by atoms with Gasteiger partial charge in [-0.25, -0.2) is 9.78 Å². The van der Waals surface area contributed by atoms with Crippen LogP contribution in [0.5, 0.6) is 0 Å². The van der Waals surface area contributed by atoms with Gasteiger partial charge in [-0.05, 0) is 12.0 Å². The Morgan fingerprint density at radius 3 is 2.61 bits per heavy atom. The molecule has 0 aliphatic carbocycles. The molecule has 9 nitrogen and oxygen atoms in total. The molecule has 2 rings (SSSR count). The van der Waals surface area contributed by atoms with Crippen LogP contribution in [-0.2, 0) is 32.0 Å². The molecule has 1 aromatic carbocycles. The van der Waals surface area contributed by atoms with Gasteiger partial charge in [0.15, 0.2) is 0 Å². The SMILES string of the molecule is COC(=O)C(Cc1cnc[nH]1)NC(=O)CN(CCc1ccccc1)CC(=O)O. The van der Waals surface area contributed by atoms with Crippen molar-refractivity contribution < 1.29 is 24.2 Å². The van der Waals surface area contributed by atoms with Crippen molar-refractivity contribution in [3.8, 4) is 0 Å². The molecule has 28 heavy (non-hydrogen) atoms. The molecule has 1 unspecified atom stereocenters. The molecule has 0 saturated heterocycles. The first-order valence-electron chi connectivity index (χ1n) is 8.80. The zero-order valence-corrected chi connectivity index (χ0v) is 15.6. The number of carbonyl (C=O) groups excluding carboxylic acids is 2. The molecular formula is C19H24N4O5. The number of H-pyrrole nitrogens is 1. The number of amides is 1. The molecule has 0 radical (unpaired) electrons. The monoisotopic (exact) mass is 388 g/mol. The highest BCUT2D eigenvalue weighted by Gasteiger charge is 2.24. The lowest BCUT2D eigenvalue weighted by Gasteiger charge is -2.22. The summed E-state index contributed by atoms with van der Waals surface area (Å²) in [6.45, 7) is -0.0214. The van der Waals surface area contributed by atoms with Crippen LogP contribution in [0.2, 0.25) is 0 Å². The summed E-state index contributed by atoms with van der Waals surface area (Å²) in [6.07, 6.45) is 3.83. The smallest absolute Gasteiger partial charge is 0.328 e. The third kappa shape index (κ3) is 7.20. The van der Waals surface area contributed by atoms with Gasteiger partial charge >= 0.3 is 11.9 Å². The number of esters is 1. The van der Waals surface area contributed by atoms with Crippen molar-refractivity contribution >= 4 is 17.8 Å². The minimum atomic E-state index is -1.03. The topological polar surface area (TPSA) is 125 Å². The van der Waals surface area contributed by atoms with Crippen molar-refractivity contribution in [1.82, 2.24) is 20.2 Å². The highest BCUT2D eigenvalue weighted by atomic mass is 16.5. The molecule has 2 aromatic rings. The lowest BCUT2D eigenvalue weighted by Crippen LogP contribution is -2.48. The molecule has 0 saturated carbocycles. The Morgan fingerprint density at radius 2 is 2.00 bits per heavy atom. The van der Waals surface area contributed by atoms with Crippen LogP contribution in [0.1, 0.15) is 11.3 Å². The van der Waals surface area contributed by atoms with Crippen molar-refractivity contribution in [3.63, 3.8) is 0 Å². The molecular weight excluding hydrogens is 364 g/mol. The summed E-state index contributed by atoms with van der Waals surface area (Å²) in [4.78, 5) is 43.8. The first-order chi connectivity index (χ1) is 13.5. The van der Waals surface area contributed by atoms with Crippen LogP contribution in [0.4, 0.5) is 0 Å². The summed E-state index contributed by atoms with van der Waals surface area (Å²) in [5.74, 6) is -2.07. The van der Waals surface area contributed by atoms with Crippen LogP contribution in [-0.4, -0.2) is 70.6 Å². The van der Waals surface area contributed by atoms with Gasteiger partial charge in [-0.1, -0.05) is 30.3 Å². The number of ether oxygens (including phenoxy) is 1. The Balaban J connectivity index is 1.95. The Morgan fingerprint density at radius 1 is 1.25 bits per heavy atom. The Bertz CT molecular complexity index is 764. The highest BCUT2D eigenvalue weighted by Crippen LogP contribution is 2.03. The number of aromatic nitrogens is 2. The number of aliphatic carboxylic acids is 1. The molecule has 1 heterocycles. The van der Waals surface area contributed by atoms with Gasteiger partial charge < -0.3 is 20.1 Å². The van der Waals surface area contributed by atoms with E-state index >= 15 is 0 Å². The van der Waals surface area contributed by atoms with Crippen molar-refractivity contribution in [2.24, 2.45) is 0 Å². The molecule has 1 amide bonds. The quantitative estimate of drug-likeness (QED) is 0.471. The highest BCUT2D eigenvalue weighted by molar-refractivity contribution is 5.86. The van der Waals surface area contributed by atoms with E-state index in [0.717, 1.165) is 5.56 Å². The van der Waals surface area contributed by atoms with E-state index in [2.05, 4.69) is 15.3 Å². The summed E-state index contributed by atoms with van der Waals surface area (Å²) >= 11 is 0. The number of carboxylic acid groups (broad SMARTS) is 1. The summed E-state index contributed by atoms with van der Waals surface area (Å²) < 4.78 is 4.74. The van der Waals surface area contributed by atoms with Crippen LogP contribution < -0.4 is 5.32 Å². The number of nitrogens with zero attached hydrogens (tertiary/aromatic N) is 2. The number of rotatable bonds is 11. The van der Waals surface area contributed by atoms with Gasteiger partial charge in [0.1, 0.15) is 6.04 Å². The van der Waals surface area contributed by atoms with Gasteiger partial charge in [-0.3, -0.25) is 14.5 Å². The zero-order valence-electron chi connectivity index (χ0n) is 15.6. The van der Waals surface area contributed by atoms with Gasteiger partial charge in [-0.15, -0.1) is 0 Å². The third-order valence-electron chi connectivity index (χ3n) is 4.09. The first kappa shape index (κ1) is 21.1. The van der Waals surface area contributed by atoms with E-state index < -0.39 is 23.9 Å². The van der Waals surface area contributed by atoms with Gasteiger partial charge in [0.25, 0.3) is 0 Å². The van der Waals surface area contributed by atoms with E-state index in [9.17, 15) is 14.4 Å². The van der Waals surface area contributed by atoms with E-state index in [1.807, 2.05) is 30.3 Å². The van der Waals surface area contributed by atoms with Crippen LogP contribution in [0.15, 0.2) is 42.9 Å². The number of benzene rings is 1. The van der Waals surface area contributed by atoms with Gasteiger partial charge in [-0.2, -0.15) is 0 Å². The number of hydrogen-bond donors (Lipinski definition) is 3. The normalized spacial score (nSPS) is 11.8. The maximum Gasteiger partial charge on any atom is 0.328 e. The summed E-state index contributed by atoms with van der Waals surface area (Å²) in [6, 6.07) is 8.70. The first-order valence-corrected chi connectivity index (χ1v) is 8.80. The van der Waals surface area contributed by atoms with Gasteiger partial charge in [0.05, 0.1) is 26.5 Å². The second-order valence-electron chi connectivity index (χ2n) is 6.26. The Hall–Kier alpha value is -3.20. The molecule has 0 aliphatic heterocycles. The molecule has 1 aromatic heterocycles. The van der Waals surface area contributed by atoms with Gasteiger partial charge in [0.2, 0.25) is 5.91 Å². The lowest BCUT2D eigenvalue weighted by molar-refractivity contribution is -0.145. The molecule has 0 aliphatic rings. The van der Waals surface area contributed by atoms with Crippen LogP contribution >= 0.6 is 0 Å². The van der Waals surface area contributed by atoms with Crippen LogP contribution in [0.25, 0.3) is 0 Å². The Kier molecular flexibility index (Phi) is 8.16. The summed E-state index contributed by atoms with van der Waals surface area (Å²) in [7, 11) is 1.24. The number of hydrogen-bond acceptors (Lipinski definition) is 6. The average Bonchev–Trinajstić information content (AvgIpc) is 3.18. The summed E-state index contributed by atoms with van der Waals surface area (Å²) in [5, 5.41) is 11.7. The van der Waals surface area contributed by atoms with Crippen molar-refractivity contribution in [1.29, 1.82) is 0 Å². The fourth-order valence-corrected chi connectivity index (χ4v) is 2.73. The second kappa shape index (κ2) is 10.8. The molecule has 3 N–H and O–H groups in total. The van der Waals surface area contributed by atoms with Crippen molar-refractivity contribution in [2.75, 3.05) is 26.7 Å². The number of imidazole rings is 1. The minimum Gasteiger partial charge on any atom is -0.480 e. The average molecular weight is 388 g/mol. The fourth-order valence-electron chi connectivity index (χ4n) is 2.73. The molecule has 9 heteroatoms. The van der Waals surface area contributed by atoms with E-state index in [1.165, 1.54) is 18.3 Å². The second-order valence-corrected chi connectivity index (χ2v) is 6.26. The van der Waals surface area contributed by atoms with E-state index in [4.69, 9.17) is 9.84 Å². The molecule has 0 bridgehead atoms. The number of methoxy groups -OCH3 is 1. The largest absolute Gasteiger partial charge is 0.480 e. The maximum absolute atomic E-state index is 12.4. The number of carbonyl (C=O) groups is 3. The standard InChI is InChI=1S/C19H24N4O5/c1-28-19(27)16(9-15-10-20-13-21-15)22-17(24)11-23(12-18(25)26)8-7-14-5-3-2-4-6-14/h2-6,10,13,16H,7-9,11-12H2,1H3,(H,20,21)(H,22,24)(H,25,26). The van der Waals surface area contributed by atoms with Crippen LogP contribution in [0.3, 0.4) is 0 Å². The Labute approximate surface area is 162 Å². The maximum atomic E-state index is 12.4. The van der Waals surface area contributed by atoms with E-state index in [-0.39, 0.29) is 19.5 Å². The number of aromatic amines is 1. The van der Waals surface area contributed by atoms with Gasteiger partial charge in [0, 0.05) is 24.9 Å². The predicted molar refractivity (Wildman–Crippen MR) is 100 cm³/mol. The fraction of sp³-hybridized carbons (Fsp3) is 0.368. The van der Waals surface area contributed by atoms with E-state index in [0.29, 0.717) is 18.7 Å². The zero-order chi connectivity index (χ0) is 20.4. The summed E-state index contributed by atoms with van der Waals surface area (Å²) in [5.41, 5.74) is 1.71. The molecule has 150 valence electrons. The predicted octanol–water partition coefficient (Wildman–Crippen LogP) is 0.239. The number of carboxylic acids is 1. The van der Waals surface area contributed by atoms with Crippen LogP contribution in [0, 0.1) is 0 Å².